The van der Waals surface area contributed by atoms with E-state index in [1.165, 1.54) is 42.2 Å². The molecule has 3 heterocycles. The van der Waals surface area contributed by atoms with Crippen molar-refractivity contribution in [3.05, 3.63) is 58.1 Å². The zero-order chi connectivity index (χ0) is 28.5. The van der Waals surface area contributed by atoms with Gasteiger partial charge >= 0.3 is 0 Å². The number of anilines is 2. The van der Waals surface area contributed by atoms with Gasteiger partial charge in [0.25, 0.3) is 17.5 Å². The van der Waals surface area contributed by atoms with E-state index in [0.717, 1.165) is 0 Å². The van der Waals surface area contributed by atoms with Crippen LogP contribution >= 0.6 is 0 Å². The minimum absolute atomic E-state index is 0.0174. The number of likely N-dealkylation sites (N-methyl/N-ethyl adjacent to an activating group) is 1. The summed E-state index contributed by atoms with van der Waals surface area (Å²) in [6.45, 7) is 6.75. The van der Waals surface area contributed by atoms with Crippen molar-refractivity contribution in [1.82, 2.24) is 0 Å². The molecule has 0 spiro atoms. The molecule has 0 radical (unpaired) electrons. The van der Waals surface area contributed by atoms with E-state index in [2.05, 4.69) is 0 Å². The van der Waals surface area contributed by atoms with E-state index in [-0.39, 0.29) is 23.5 Å². The van der Waals surface area contributed by atoms with E-state index in [4.69, 9.17) is 18.9 Å². The van der Waals surface area contributed by atoms with Gasteiger partial charge in [-0.25, -0.2) is 0 Å². The van der Waals surface area contributed by atoms with Crippen LogP contribution in [0.1, 0.15) is 33.3 Å². The number of benzene rings is 2. The molecule has 0 aromatic heterocycles. The first-order chi connectivity index (χ1) is 18.3. The zero-order valence-electron chi connectivity index (χ0n) is 22.5. The first-order valence-electron chi connectivity index (χ1n) is 12.5. The lowest BCUT2D eigenvalue weighted by molar-refractivity contribution is -0.385. The highest BCUT2D eigenvalue weighted by atomic mass is 16.7. The first-order valence-corrected chi connectivity index (χ1v) is 12.5. The van der Waals surface area contributed by atoms with Crippen molar-refractivity contribution < 1.29 is 38.6 Å². The number of methoxy groups -OCH3 is 1. The maximum absolute atomic E-state index is 14.2. The molecule has 2 aromatic rings. The van der Waals surface area contributed by atoms with Crippen LogP contribution in [0.3, 0.4) is 0 Å². The Labute approximate surface area is 225 Å². The van der Waals surface area contributed by atoms with E-state index < -0.39 is 52.0 Å². The van der Waals surface area contributed by atoms with Crippen LogP contribution in [0.15, 0.2) is 42.5 Å². The van der Waals surface area contributed by atoms with Crippen LogP contribution in [0.25, 0.3) is 0 Å². The Balaban J connectivity index is 1.74. The van der Waals surface area contributed by atoms with E-state index >= 15 is 0 Å². The standard InChI is InChI=1S/C27H31N3O9/c1-15(2)38-27(19-13-17(30(34)35)9-12-20(19)28(5)24(27)32)26(33)22(21-14-37-25(3,4)39-21)29(23(26)31)16-7-10-18(36-6)11-8-16/h7-13,15,21-22,33H,14H2,1-6H3/t21-,22+,26-,27+/m1/s1. The summed E-state index contributed by atoms with van der Waals surface area (Å²) in [5, 5.41) is 24.3. The Morgan fingerprint density at radius 3 is 2.33 bits per heavy atom. The molecule has 12 nitrogen and oxygen atoms in total. The lowest BCUT2D eigenvalue weighted by Gasteiger charge is -2.59. The minimum Gasteiger partial charge on any atom is -0.497 e. The lowest BCUT2D eigenvalue weighted by Crippen LogP contribution is -2.86. The van der Waals surface area contributed by atoms with E-state index in [1.54, 1.807) is 52.0 Å². The van der Waals surface area contributed by atoms with Crippen molar-refractivity contribution in [2.45, 2.75) is 62.9 Å². The van der Waals surface area contributed by atoms with Crippen molar-refractivity contribution in [1.29, 1.82) is 0 Å². The molecule has 2 fully saturated rings. The number of nitro groups is 1. The zero-order valence-corrected chi connectivity index (χ0v) is 22.5. The predicted molar refractivity (Wildman–Crippen MR) is 139 cm³/mol. The van der Waals surface area contributed by atoms with E-state index in [0.29, 0.717) is 11.4 Å². The average Bonchev–Trinajstić information content (AvgIpc) is 3.35. The van der Waals surface area contributed by atoms with Gasteiger partial charge in [0.05, 0.1) is 30.4 Å². The van der Waals surface area contributed by atoms with Crippen LogP contribution in [0, 0.1) is 10.1 Å². The fourth-order valence-electron chi connectivity index (χ4n) is 5.84. The predicted octanol–water partition coefficient (Wildman–Crippen LogP) is 2.50. The van der Waals surface area contributed by atoms with E-state index in [9.17, 15) is 24.8 Å². The molecule has 2 amide bonds. The molecule has 3 aliphatic heterocycles. The van der Waals surface area contributed by atoms with Gasteiger partial charge < -0.3 is 33.9 Å². The largest absolute Gasteiger partial charge is 0.497 e. The summed E-state index contributed by atoms with van der Waals surface area (Å²) in [7, 11) is 2.99. The molecule has 208 valence electrons. The smallest absolute Gasteiger partial charge is 0.269 e. The van der Waals surface area contributed by atoms with Crippen molar-refractivity contribution in [3.63, 3.8) is 0 Å². The lowest BCUT2D eigenvalue weighted by atomic mass is 9.64. The number of non-ortho nitro benzene ring substituents is 1. The fourth-order valence-corrected chi connectivity index (χ4v) is 5.84. The Hall–Kier alpha value is -3.58. The third kappa shape index (κ3) is 3.73. The number of carbonyl (C=O) groups is 2. The van der Waals surface area contributed by atoms with Crippen molar-refractivity contribution >= 4 is 28.9 Å². The molecular formula is C27H31N3O9. The molecule has 0 unspecified atom stereocenters. The number of aliphatic hydroxyl groups is 1. The number of carbonyl (C=O) groups excluding carboxylic acids is 2. The number of nitro benzene ring substituents is 1. The molecule has 1 N–H and O–H groups in total. The summed E-state index contributed by atoms with van der Waals surface area (Å²) in [5.74, 6) is -1.99. The average molecular weight is 542 g/mol. The molecule has 2 aromatic carbocycles. The number of nitrogens with zero attached hydrogens (tertiary/aromatic N) is 3. The number of hydrogen-bond donors (Lipinski definition) is 1. The summed E-state index contributed by atoms with van der Waals surface area (Å²) in [5.41, 5.74) is -4.35. The minimum atomic E-state index is -2.50. The van der Waals surface area contributed by atoms with Gasteiger partial charge in [0.1, 0.15) is 17.9 Å². The van der Waals surface area contributed by atoms with Gasteiger partial charge in [-0.05, 0) is 58.0 Å². The van der Waals surface area contributed by atoms with Crippen LogP contribution in [0.2, 0.25) is 0 Å². The van der Waals surface area contributed by atoms with Crippen LogP contribution in [0.5, 0.6) is 5.75 Å². The monoisotopic (exact) mass is 541 g/mol. The highest BCUT2D eigenvalue weighted by Gasteiger charge is 2.80. The molecule has 5 rings (SSSR count). The molecule has 4 atom stereocenters. The normalized spacial score (nSPS) is 29.5. The van der Waals surface area contributed by atoms with Crippen LogP contribution < -0.4 is 14.5 Å². The van der Waals surface area contributed by atoms with E-state index in [1.807, 2.05) is 0 Å². The fraction of sp³-hybridized carbons (Fsp3) is 0.481. The number of fused-ring (bicyclic) bond motifs is 1. The Morgan fingerprint density at radius 1 is 1.13 bits per heavy atom. The van der Waals surface area contributed by atoms with Gasteiger partial charge in [-0.15, -0.1) is 0 Å². The topological polar surface area (TPSA) is 141 Å². The quantitative estimate of drug-likeness (QED) is 0.318. The maximum Gasteiger partial charge on any atom is 0.269 e. The van der Waals surface area contributed by atoms with Gasteiger partial charge in [0.15, 0.2) is 5.79 Å². The summed E-state index contributed by atoms with van der Waals surface area (Å²) < 4.78 is 23.4. The van der Waals surface area contributed by atoms with Gasteiger partial charge in [0.2, 0.25) is 11.2 Å². The summed E-state index contributed by atoms with van der Waals surface area (Å²) in [4.78, 5) is 42.0. The second-order valence-corrected chi connectivity index (χ2v) is 10.6. The summed E-state index contributed by atoms with van der Waals surface area (Å²) >= 11 is 0. The van der Waals surface area contributed by atoms with Crippen LogP contribution in [-0.4, -0.2) is 72.2 Å². The highest BCUT2D eigenvalue weighted by molar-refractivity contribution is 6.18. The number of hydrogen-bond acceptors (Lipinski definition) is 9. The van der Waals surface area contributed by atoms with Crippen LogP contribution in [-0.2, 0) is 29.4 Å². The second-order valence-electron chi connectivity index (χ2n) is 10.6. The van der Waals surface area contributed by atoms with Crippen molar-refractivity contribution in [2.75, 3.05) is 30.6 Å². The third-order valence-electron chi connectivity index (χ3n) is 7.47. The summed E-state index contributed by atoms with van der Waals surface area (Å²) in [6.07, 6.45) is -1.52. The molecule has 2 saturated heterocycles. The summed E-state index contributed by atoms with van der Waals surface area (Å²) in [6, 6.07) is 9.36. The molecule has 0 aliphatic carbocycles. The third-order valence-corrected chi connectivity index (χ3v) is 7.47. The first kappa shape index (κ1) is 27.0. The van der Waals surface area contributed by atoms with Crippen LogP contribution in [0.4, 0.5) is 17.1 Å². The van der Waals surface area contributed by atoms with Gasteiger partial charge in [-0.3, -0.25) is 19.7 Å². The number of ether oxygens (including phenoxy) is 4. The van der Waals surface area contributed by atoms with Gasteiger partial charge in [-0.1, -0.05) is 0 Å². The number of β-lactam (4-membered cyclic amide) rings is 1. The Morgan fingerprint density at radius 2 is 1.79 bits per heavy atom. The van der Waals surface area contributed by atoms with Gasteiger partial charge in [0, 0.05) is 30.4 Å². The molecular weight excluding hydrogens is 510 g/mol. The van der Waals surface area contributed by atoms with Crippen molar-refractivity contribution in [3.8, 4) is 5.75 Å². The number of rotatable bonds is 7. The Bertz CT molecular complexity index is 1340. The molecule has 3 aliphatic rings. The number of amides is 2. The van der Waals surface area contributed by atoms with Crippen molar-refractivity contribution in [2.24, 2.45) is 0 Å². The Kier molecular flexibility index (Phi) is 6.22. The molecule has 12 heteroatoms. The highest BCUT2D eigenvalue weighted by Crippen LogP contribution is 2.57. The molecule has 0 saturated carbocycles. The SMILES string of the molecule is COc1ccc(N2C(=O)[C@@](O)([C@@]3(OC(C)C)C(=O)N(C)c4ccc([N+](=O)[O-])cc43)[C@@H]2[C@H]2COC(C)(C)O2)cc1. The van der Waals surface area contributed by atoms with Gasteiger partial charge in [-0.2, -0.15) is 0 Å². The molecule has 39 heavy (non-hydrogen) atoms. The second kappa shape index (κ2) is 8.98. The molecule has 0 bridgehead atoms. The maximum atomic E-state index is 14.2.